The van der Waals surface area contributed by atoms with Crippen molar-refractivity contribution < 1.29 is 4.74 Å². The van der Waals surface area contributed by atoms with E-state index < -0.39 is 0 Å². The van der Waals surface area contributed by atoms with Crippen LogP contribution in [0.5, 0.6) is 0 Å². The van der Waals surface area contributed by atoms with Gasteiger partial charge in [-0.15, -0.1) is 0 Å². The normalized spacial score (nSPS) is 11.1. The largest absolute Gasteiger partial charge is 0.385 e. The molecule has 0 aliphatic carbocycles. The van der Waals surface area contributed by atoms with Gasteiger partial charge >= 0.3 is 5.69 Å². The summed E-state index contributed by atoms with van der Waals surface area (Å²) in [5.74, 6) is 0.735. The van der Waals surface area contributed by atoms with Crippen LogP contribution in [0.25, 0.3) is 11.2 Å². The van der Waals surface area contributed by atoms with E-state index in [1.807, 2.05) is 0 Å². The van der Waals surface area contributed by atoms with Gasteiger partial charge in [-0.2, -0.15) is 0 Å². The molecule has 2 aromatic rings. The van der Waals surface area contributed by atoms with Gasteiger partial charge in [0.05, 0.1) is 6.20 Å². The highest BCUT2D eigenvalue weighted by atomic mass is 16.5. The molecule has 0 amide bonds. The van der Waals surface area contributed by atoms with Crippen LogP contribution in [-0.4, -0.2) is 33.2 Å². The topological polar surface area (TPSA) is 72.8 Å². The third-order valence-corrected chi connectivity index (χ3v) is 2.43. The Labute approximate surface area is 92.3 Å². The molecule has 0 unspecified atom stereocenters. The van der Waals surface area contributed by atoms with E-state index >= 15 is 0 Å². The number of aryl methyl sites for hydroxylation is 2. The van der Waals surface area contributed by atoms with Crippen LogP contribution >= 0.6 is 0 Å². The lowest BCUT2D eigenvalue weighted by Gasteiger charge is -2.00. The molecule has 6 nitrogen and oxygen atoms in total. The maximum absolute atomic E-state index is 11.3. The number of nitrogens with zero attached hydrogens (tertiary/aromatic N) is 3. The number of ether oxygens (including phenoxy) is 1. The van der Waals surface area contributed by atoms with E-state index in [-0.39, 0.29) is 5.69 Å². The number of aromatic amines is 1. The number of rotatable bonds is 4. The highest BCUT2D eigenvalue weighted by Crippen LogP contribution is 2.05. The second-order valence-corrected chi connectivity index (χ2v) is 3.61. The summed E-state index contributed by atoms with van der Waals surface area (Å²) in [6, 6.07) is 0. The molecule has 0 bridgehead atoms. The summed E-state index contributed by atoms with van der Waals surface area (Å²) in [5.41, 5.74) is 1.15. The average Bonchev–Trinajstić information content (AvgIpc) is 2.56. The Morgan fingerprint density at radius 3 is 3.12 bits per heavy atom. The van der Waals surface area contributed by atoms with Crippen molar-refractivity contribution in [2.45, 2.75) is 12.8 Å². The van der Waals surface area contributed by atoms with Crippen LogP contribution in [-0.2, 0) is 18.2 Å². The molecular weight excluding hydrogens is 208 g/mol. The van der Waals surface area contributed by atoms with Crippen molar-refractivity contribution in [3.63, 3.8) is 0 Å². The fourth-order valence-corrected chi connectivity index (χ4v) is 1.54. The van der Waals surface area contributed by atoms with Crippen LogP contribution in [0.3, 0.4) is 0 Å². The summed E-state index contributed by atoms with van der Waals surface area (Å²) in [7, 11) is 3.35. The zero-order chi connectivity index (χ0) is 11.5. The minimum absolute atomic E-state index is 0.168. The van der Waals surface area contributed by atoms with Gasteiger partial charge in [-0.1, -0.05) is 0 Å². The van der Waals surface area contributed by atoms with E-state index in [9.17, 15) is 4.79 Å². The van der Waals surface area contributed by atoms with Gasteiger partial charge < -0.3 is 9.72 Å². The van der Waals surface area contributed by atoms with Crippen LogP contribution in [0.15, 0.2) is 11.0 Å². The van der Waals surface area contributed by atoms with E-state index in [0.29, 0.717) is 17.8 Å². The summed E-state index contributed by atoms with van der Waals surface area (Å²) < 4.78 is 6.44. The van der Waals surface area contributed by atoms with Gasteiger partial charge in [-0.3, -0.25) is 4.57 Å². The summed E-state index contributed by atoms with van der Waals surface area (Å²) >= 11 is 0. The second kappa shape index (κ2) is 4.44. The molecule has 2 rings (SSSR count). The third-order valence-electron chi connectivity index (χ3n) is 2.43. The Bertz CT molecular complexity index is 543. The highest BCUT2D eigenvalue weighted by Gasteiger charge is 2.06. The van der Waals surface area contributed by atoms with E-state index in [2.05, 4.69) is 15.0 Å². The third kappa shape index (κ3) is 1.96. The molecule has 1 N–H and O–H groups in total. The van der Waals surface area contributed by atoms with Crippen LogP contribution in [0.4, 0.5) is 0 Å². The first-order valence-electron chi connectivity index (χ1n) is 5.12. The van der Waals surface area contributed by atoms with Crippen molar-refractivity contribution in [1.82, 2.24) is 19.5 Å². The smallest absolute Gasteiger partial charge is 0.327 e. The van der Waals surface area contributed by atoms with Gasteiger partial charge in [0, 0.05) is 27.2 Å². The number of imidazole rings is 1. The number of hydrogen-bond donors (Lipinski definition) is 1. The number of fused-ring (bicyclic) bond motifs is 1. The molecule has 0 saturated carbocycles. The standard InChI is InChI=1S/C10H14N4O2/c1-14-9-7(12-10(14)15)6-11-8(13-9)4-3-5-16-2/h6H,3-5H2,1-2H3,(H,12,15). The summed E-state index contributed by atoms with van der Waals surface area (Å²) in [6.45, 7) is 0.688. The maximum atomic E-state index is 11.3. The SMILES string of the molecule is COCCCc1ncc2[nH]c(=O)n(C)c2n1. The van der Waals surface area contributed by atoms with Crippen molar-refractivity contribution in [3.8, 4) is 0 Å². The van der Waals surface area contributed by atoms with E-state index in [4.69, 9.17) is 4.74 Å². The Balaban J connectivity index is 2.28. The number of methoxy groups -OCH3 is 1. The first-order chi connectivity index (χ1) is 7.72. The molecule has 16 heavy (non-hydrogen) atoms. The van der Waals surface area contributed by atoms with Crippen LogP contribution < -0.4 is 5.69 Å². The lowest BCUT2D eigenvalue weighted by Crippen LogP contribution is -2.12. The predicted octanol–water partition coefficient (Wildman–Crippen LogP) is 0.236. The first kappa shape index (κ1) is 10.8. The Morgan fingerprint density at radius 1 is 1.56 bits per heavy atom. The molecule has 0 fully saturated rings. The highest BCUT2D eigenvalue weighted by molar-refractivity contribution is 5.69. The van der Waals surface area contributed by atoms with Gasteiger partial charge in [0.2, 0.25) is 0 Å². The summed E-state index contributed by atoms with van der Waals surface area (Å²) in [5, 5.41) is 0. The molecule has 0 saturated heterocycles. The zero-order valence-electron chi connectivity index (χ0n) is 9.36. The molecule has 0 aromatic carbocycles. The van der Waals surface area contributed by atoms with Crippen molar-refractivity contribution in [2.75, 3.05) is 13.7 Å². The quantitative estimate of drug-likeness (QED) is 0.752. The molecule has 86 valence electrons. The molecule has 0 aliphatic heterocycles. The van der Waals surface area contributed by atoms with Crippen LogP contribution in [0, 0.1) is 0 Å². The van der Waals surface area contributed by atoms with Gasteiger partial charge in [-0.05, 0) is 6.42 Å². The monoisotopic (exact) mass is 222 g/mol. The molecule has 2 heterocycles. The van der Waals surface area contributed by atoms with E-state index in [0.717, 1.165) is 18.7 Å². The zero-order valence-corrected chi connectivity index (χ0v) is 9.36. The van der Waals surface area contributed by atoms with Crippen molar-refractivity contribution in [1.29, 1.82) is 0 Å². The summed E-state index contributed by atoms with van der Waals surface area (Å²) in [4.78, 5) is 22.5. The van der Waals surface area contributed by atoms with E-state index in [1.165, 1.54) is 4.57 Å². The maximum Gasteiger partial charge on any atom is 0.327 e. The fourth-order valence-electron chi connectivity index (χ4n) is 1.54. The van der Waals surface area contributed by atoms with E-state index in [1.54, 1.807) is 20.4 Å². The van der Waals surface area contributed by atoms with Crippen LogP contribution in [0.2, 0.25) is 0 Å². The number of H-pyrrole nitrogens is 1. The lowest BCUT2D eigenvalue weighted by molar-refractivity contribution is 0.194. The molecule has 0 atom stereocenters. The predicted molar refractivity (Wildman–Crippen MR) is 59.3 cm³/mol. The first-order valence-corrected chi connectivity index (χ1v) is 5.12. The molecule has 2 aromatic heterocycles. The van der Waals surface area contributed by atoms with Crippen molar-refractivity contribution in [3.05, 3.63) is 22.5 Å². The Morgan fingerprint density at radius 2 is 2.38 bits per heavy atom. The number of hydrogen-bond acceptors (Lipinski definition) is 4. The van der Waals surface area contributed by atoms with Gasteiger partial charge in [0.1, 0.15) is 11.3 Å². The Kier molecular flexibility index (Phi) is 3.00. The Hall–Kier alpha value is -1.69. The molecule has 0 spiro atoms. The van der Waals surface area contributed by atoms with Gasteiger partial charge in [0.25, 0.3) is 0 Å². The van der Waals surface area contributed by atoms with Crippen molar-refractivity contribution >= 4 is 11.2 Å². The van der Waals surface area contributed by atoms with Crippen molar-refractivity contribution in [2.24, 2.45) is 7.05 Å². The minimum atomic E-state index is -0.168. The van der Waals surface area contributed by atoms with Gasteiger partial charge in [-0.25, -0.2) is 14.8 Å². The molecule has 0 radical (unpaired) electrons. The fraction of sp³-hybridized carbons (Fsp3) is 0.500. The molecule has 0 aliphatic rings. The molecule has 6 heteroatoms. The summed E-state index contributed by atoms with van der Waals surface area (Å²) in [6.07, 6.45) is 3.27. The second-order valence-electron chi connectivity index (χ2n) is 3.61. The number of aromatic nitrogens is 4. The number of nitrogens with one attached hydrogen (secondary N) is 1. The molecular formula is C10H14N4O2. The minimum Gasteiger partial charge on any atom is -0.385 e. The lowest BCUT2D eigenvalue weighted by atomic mass is 10.3. The van der Waals surface area contributed by atoms with Gasteiger partial charge in [0.15, 0.2) is 5.65 Å². The van der Waals surface area contributed by atoms with Crippen LogP contribution in [0.1, 0.15) is 12.2 Å². The average molecular weight is 222 g/mol.